The Kier molecular flexibility index (Phi) is 5.51. The zero-order chi connectivity index (χ0) is 22.9. The van der Waals surface area contributed by atoms with E-state index in [1.165, 1.54) is 16.9 Å². The highest BCUT2D eigenvalue weighted by molar-refractivity contribution is 6.30. The molecular formula is C24H21ClN6O2. The SMILES string of the molecule is Cn1cc(-n2nc(-c3ccc(Cl)cc3)cc(C(=O)NC3CCCc4ncccc43)c2=O)cn1. The van der Waals surface area contributed by atoms with E-state index >= 15 is 0 Å². The van der Waals surface area contributed by atoms with E-state index in [0.717, 1.165) is 36.1 Å². The van der Waals surface area contributed by atoms with Crippen LogP contribution in [0.2, 0.25) is 5.02 Å². The minimum atomic E-state index is -0.513. The molecule has 8 nitrogen and oxygen atoms in total. The van der Waals surface area contributed by atoms with E-state index in [4.69, 9.17) is 11.6 Å². The third-order valence-corrected chi connectivity index (χ3v) is 6.00. The van der Waals surface area contributed by atoms with Crippen molar-refractivity contribution in [2.75, 3.05) is 0 Å². The van der Waals surface area contributed by atoms with Gasteiger partial charge in [-0.1, -0.05) is 29.8 Å². The standard InChI is InChI=1S/C24H21ClN6O2/c1-30-14-17(13-27-30)31-24(33)19(12-22(29-31)15-7-9-16(25)10-8-15)23(32)28-21-6-2-5-20-18(21)4-3-11-26-20/h3-4,7-14,21H,2,5-6H2,1H3,(H,28,32). The molecule has 166 valence electrons. The Hall–Kier alpha value is -3.78. The number of nitrogens with one attached hydrogen (secondary N) is 1. The first kappa shape index (κ1) is 21.1. The Bertz CT molecular complexity index is 1390. The van der Waals surface area contributed by atoms with Crippen LogP contribution < -0.4 is 10.9 Å². The number of halogens is 1. The van der Waals surface area contributed by atoms with Crippen molar-refractivity contribution >= 4 is 17.5 Å². The topological polar surface area (TPSA) is 94.7 Å². The maximum absolute atomic E-state index is 13.4. The molecule has 1 unspecified atom stereocenters. The minimum Gasteiger partial charge on any atom is -0.345 e. The van der Waals surface area contributed by atoms with E-state index in [9.17, 15) is 9.59 Å². The highest BCUT2D eigenvalue weighted by Gasteiger charge is 2.25. The fourth-order valence-corrected chi connectivity index (χ4v) is 4.23. The van der Waals surface area contributed by atoms with E-state index in [2.05, 4.69) is 20.5 Å². The van der Waals surface area contributed by atoms with Crippen LogP contribution in [0.5, 0.6) is 0 Å². The quantitative estimate of drug-likeness (QED) is 0.503. The lowest BCUT2D eigenvalue weighted by Gasteiger charge is -2.25. The molecule has 0 saturated carbocycles. The molecule has 33 heavy (non-hydrogen) atoms. The lowest BCUT2D eigenvalue weighted by Crippen LogP contribution is -2.37. The Morgan fingerprint density at radius 3 is 2.79 bits per heavy atom. The van der Waals surface area contributed by atoms with Crippen LogP contribution in [0.4, 0.5) is 0 Å². The van der Waals surface area contributed by atoms with Gasteiger partial charge >= 0.3 is 0 Å². The Morgan fingerprint density at radius 1 is 1.21 bits per heavy atom. The van der Waals surface area contributed by atoms with Crippen LogP contribution in [0.1, 0.15) is 40.5 Å². The van der Waals surface area contributed by atoms with Crippen LogP contribution >= 0.6 is 11.6 Å². The van der Waals surface area contributed by atoms with Crippen LogP contribution in [0.25, 0.3) is 16.9 Å². The molecule has 1 aliphatic rings. The summed E-state index contributed by atoms with van der Waals surface area (Å²) >= 11 is 6.03. The first-order chi connectivity index (χ1) is 16.0. The number of benzene rings is 1. The summed E-state index contributed by atoms with van der Waals surface area (Å²) in [6, 6.07) is 12.2. The van der Waals surface area contributed by atoms with Crippen molar-refractivity contribution in [3.8, 4) is 16.9 Å². The first-order valence-electron chi connectivity index (χ1n) is 10.6. The van der Waals surface area contributed by atoms with Gasteiger partial charge in [-0.25, -0.2) is 0 Å². The molecule has 1 aromatic carbocycles. The van der Waals surface area contributed by atoms with Crippen LogP contribution in [0.3, 0.4) is 0 Å². The van der Waals surface area contributed by atoms with Gasteiger partial charge in [0.2, 0.25) is 0 Å². The predicted octanol–water partition coefficient (Wildman–Crippen LogP) is 3.49. The Labute approximate surface area is 194 Å². The van der Waals surface area contributed by atoms with Crippen molar-refractivity contribution in [3.05, 3.63) is 93.3 Å². The zero-order valence-corrected chi connectivity index (χ0v) is 18.7. The van der Waals surface area contributed by atoms with Crippen molar-refractivity contribution in [2.45, 2.75) is 25.3 Å². The number of nitrogens with zero attached hydrogens (tertiary/aromatic N) is 5. The van der Waals surface area contributed by atoms with Gasteiger partial charge in [-0.05, 0) is 49.1 Å². The molecule has 0 bridgehead atoms. The molecule has 0 spiro atoms. The summed E-state index contributed by atoms with van der Waals surface area (Å²) in [4.78, 5) is 31.1. The molecule has 0 aliphatic heterocycles. The fraction of sp³-hybridized carbons (Fsp3) is 0.208. The van der Waals surface area contributed by atoms with Gasteiger partial charge in [-0.15, -0.1) is 0 Å². The maximum Gasteiger partial charge on any atom is 0.284 e. The highest BCUT2D eigenvalue weighted by Crippen LogP contribution is 2.28. The van der Waals surface area contributed by atoms with E-state index in [1.54, 1.807) is 48.4 Å². The number of aromatic nitrogens is 5. The van der Waals surface area contributed by atoms with Gasteiger partial charge in [-0.3, -0.25) is 19.3 Å². The normalized spacial score (nSPS) is 15.2. The van der Waals surface area contributed by atoms with Crippen molar-refractivity contribution in [3.63, 3.8) is 0 Å². The highest BCUT2D eigenvalue weighted by atomic mass is 35.5. The van der Waals surface area contributed by atoms with Crippen molar-refractivity contribution in [1.82, 2.24) is 29.9 Å². The number of hydrogen-bond acceptors (Lipinski definition) is 5. The molecule has 1 aliphatic carbocycles. The molecule has 0 saturated heterocycles. The predicted molar refractivity (Wildman–Crippen MR) is 124 cm³/mol. The number of carbonyl (C=O) groups excluding carboxylic acids is 1. The second-order valence-corrected chi connectivity index (χ2v) is 8.43. The van der Waals surface area contributed by atoms with Crippen LogP contribution in [-0.2, 0) is 13.5 Å². The van der Waals surface area contributed by atoms with Crippen molar-refractivity contribution in [1.29, 1.82) is 0 Å². The molecule has 9 heteroatoms. The van der Waals surface area contributed by atoms with Crippen LogP contribution in [-0.4, -0.2) is 30.5 Å². The maximum atomic E-state index is 13.4. The number of amides is 1. The molecule has 1 amide bonds. The second kappa shape index (κ2) is 8.63. The second-order valence-electron chi connectivity index (χ2n) is 8.00. The molecular weight excluding hydrogens is 440 g/mol. The van der Waals surface area contributed by atoms with Gasteiger partial charge in [0.05, 0.1) is 24.1 Å². The summed E-state index contributed by atoms with van der Waals surface area (Å²) in [7, 11) is 1.75. The summed E-state index contributed by atoms with van der Waals surface area (Å²) in [6.07, 6.45) is 7.55. The largest absolute Gasteiger partial charge is 0.345 e. The molecule has 1 atom stereocenters. The third kappa shape index (κ3) is 4.17. The van der Waals surface area contributed by atoms with Crippen LogP contribution in [0, 0.1) is 0 Å². The summed E-state index contributed by atoms with van der Waals surface area (Å²) in [6.45, 7) is 0. The lowest BCUT2D eigenvalue weighted by atomic mass is 9.91. The number of fused-ring (bicyclic) bond motifs is 1. The van der Waals surface area contributed by atoms with E-state index < -0.39 is 11.5 Å². The average Bonchev–Trinajstić information content (AvgIpc) is 3.26. The van der Waals surface area contributed by atoms with Gasteiger partial charge in [0.1, 0.15) is 11.3 Å². The van der Waals surface area contributed by atoms with Gasteiger partial charge in [0.15, 0.2) is 0 Å². The molecule has 4 aromatic rings. The fourth-order valence-electron chi connectivity index (χ4n) is 4.10. The monoisotopic (exact) mass is 460 g/mol. The van der Waals surface area contributed by atoms with Gasteiger partial charge in [0, 0.05) is 29.5 Å². The van der Waals surface area contributed by atoms with E-state index in [1.807, 2.05) is 12.1 Å². The number of pyridine rings is 1. The first-order valence-corrected chi connectivity index (χ1v) is 11.0. The minimum absolute atomic E-state index is 0.00909. The van der Waals surface area contributed by atoms with Crippen molar-refractivity contribution < 1.29 is 4.79 Å². The molecule has 3 heterocycles. The van der Waals surface area contributed by atoms with Gasteiger partial charge < -0.3 is 5.32 Å². The zero-order valence-electron chi connectivity index (χ0n) is 17.9. The molecule has 0 fully saturated rings. The lowest BCUT2D eigenvalue weighted by molar-refractivity contribution is 0.0930. The molecule has 3 aromatic heterocycles. The Balaban J connectivity index is 1.57. The molecule has 0 radical (unpaired) electrons. The summed E-state index contributed by atoms with van der Waals surface area (Å²) in [5.41, 5.74) is 3.16. The molecule has 5 rings (SSSR count). The van der Waals surface area contributed by atoms with Crippen LogP contribution in [0.15, 0.2) is 65.8 Å². The van der Waals surface area contributed by atoms with Gasteiger partial charge in [-0.2, -0.15) is 14.9 Å². The third-order valence-electron chi connectivity index (χ3n) is 5.74. The number of hydrogen-bond donors (Lipinski definition) is 1. The smallest absolute Gasteiger partial charge is 0.284 e. The van der Waals surface area contributed by atoms with Crippen molar-refractivity contribution in [2.24, 2.45) is 7.05 Å². The summed E-state index contributed by atoms with van der Waals surface area (Å²) in [5.74, 6) is -0.447. The summed E-state index contributed by atoms with van der Waals surface area (Å²) in [5, 5.41) is 12.3. The summed E-state index contributed by atoms with van der Waals surface area (Å²) < 4.78 is 2.78. The van der Waals surface area contributed by atoms with E-state index in [-0.39, 0.29) is 11.6 Å². The number of carbonyl (C=O) groups is 1. The Morgan fingerprint density at radius 2 is 2.03 bits per heavy atom. The number of rotatable bonds is 4. The molecule has 1 N–H and O–H groups in total. The number of aryl methyl sites for hydroxylation is 2. The van der Waals surface area contributed by atoms with Gasteiger partial charge in [0.25, 0.3) is 11.5 Å². The average molecular weight is 461 g/mol. The van der Waals surface area contributed by atoms with E-state index in [0.29, 0.717) is 16.4 Å².